The maximum atomic E-state index is 11.9. The molecule has 0 aromatic carbocycles. The Morgan fingerprint density at radius 3 is 2.74 bits per heavy atom. The molecule has 3 N–H and O–H groups in total. The van der Waals surface area contributed by atoms with Crippen molar-refractivity contribution < 1.29 is 9.53 Å². The zero-order valence-electron chi connectivity index (χ0n) is 11.9. The molecule has 3 unspecified atom stereocenters. The molecule has 0 saturated heterocycles. The molecule has 1 aliphatic carbocycles. The molecule has 0 aromatic heterocycles. The summed E-state index contributed by atoms with van der Waals surface area (Å²) < 4.78 is 5.14. The lowest BCUT2D eigenvalue weighted by Gasteiger charge is -2.32. The molecule has 114 valence electrons. The van der Waals surface area contributed by atoms with Gasteiger partial charge in [-0.15, -0.1) is 12.4 Å². The van der Waals surface area contributed by atoms with Crippen LogP contribution in [-0.4, -0.2) is 42.7 Å². The number of rotatable bonds is 7. The van der Waals surface area contributed by atoms with Gasteiger partial charge in [-0.1, -0.05) is 19.8 Å². The van der Waals surface area contributed by atoms with E-state index in [0.29, 0.717) is 24.3 Å². The highest BCUT2D eigenvalue weighted by atomic mass is 35.5. The van der Waals surface area contributed by atoms with Crippen LogP contribution in [0.4, 0.5) is 0 Å². The minimum Gasteiger partial charge on any atom is -0.380 e. The third-order valence-electron chi connectivity index (χ3n) is 3.44. The van der Waals surface area contributed by atoms with E-state index in [0.717, 1.165) is 12.2 Å². The number of hydrogen-bond acceptors (Lipinski definition) is 4. The molecule has 0 aliphatic heterocycles. The Balaban J connectivity index is 0.00000324. The van der Waals surface area contributed by atoms with Gasteiger partial charge in [0.05, 0.1) is 12.5 Å². The lowest BCUT2D eigenvalue weighted by atomic mass is 9.94. The number of nitrogens with one attached hydrogen (secondary N) is 1. The van der Waals surface area contributed by atoms with Crippen LogP contribution >= 0.6 is 24.2 Å². The molecule has 1 rings (SSSR count). The van der Waals surface area contributed by atoms with Gasteiger partial charge in [0.2, 0.25) is 5.91 Å². The number of thioether (sulfide) groups is 1. The third-order valence-corrected chi connectivity index (χ3v) is 4.76. The molecule has 1 amide bonds. The smallest absolute Gasteiger partial charge is 0.222 e. The Morgan fingerprint density at radius 1 is 1.47 bits per heavy atom. The summed E-state index contributed by atoms with van der Waals surface area (Å²) in [4.78, 5) is 11.9. The number of ether oxygens (including phenoxy) is 1. The van der Waals surface area contributed by atoms with E-state index in [9.17, 15) is 4.79 Å². The minimum atomic E-state index is -0.161. The maximum absolute atomic E-state index is 11.9. The minimum absolute atomic E-state index is 0. The summed E-state index contributed by atoms with van der Waals surface area (Å²) >= 11 is 1.96. The molecule has 0 aromatic rings. The molecule has 1 fully saturated rings. The highest BCUT2D eigenvalue weighted by Gasteiger charge is 2.26. The van der Waals surface area contributed by atoms with Crippen molar-refractivity contribution in [1.29, 1.82) is 0 Å². The molecule has 0 spiro atoms. The number of carbonyl (C=O) groups excluding carboxylic acids is 1. The SMILES string of the molecule is CCSC1CCCCC1NC(=O)CC(CN)OC.Cl. The van der Waals surface area contributed by atoms with Crippen LogP contribution in [0.1, 0.15) is 39.0 Å². The fraction of sp³-hybridized carbons (Fsp3) is 0.923. The summed E-state index contributed by atoms with van der Waals surface area (Å²) in [5.41, 5.74) is 5.53. The molecule has 1 aliphatic rings. The van der Waals surface area contributed by atoms with Crippen molar-refractivity contribution in [2.24, 2.45) is 5.73 Å². The van der Waals surface area contributed by atoms with Crippen LogP contribution in [0.15, 0.2) is 0 Å². The molecule has 0 radical (unpaired) electrons. The number of methoxy groups -OCH3 is 1. The average Bonchev–Trinajstić information content (AvgIpc) is 2.38. The van der Waals surface area contributed by atoms with Gasteiger partial charge >= 0.3 is 0 Å². The van der Waals surface area contributed by atoms with Gasteiger partial charge in [-0.2, -0.15) is 11.8 Å². The number of hydrogen-bond donors (Lipinski definition) is 2. The fourth-order valence-corrected chi connectivity index (χ4v) is 3.61. The normalized spacial score (nSPS) is 24.4. The monoisotopic (exact) mass is 310 g/mol. The van der Waals surface area contributed by atoms with Crippen LogP contribution in [0.3, 0.4) is 0 Å². The van der Waals surface area contributed by atoms with Crippen molar-refractivity contribution in [2.45, 2.75) is 56.4 Å². The first kappa shape index (κ1) is 19.0. The van der Waals surface area contributed by atoms with Crippen molar-refractivity contribution in [3.05, 3.63) is 0 Å². The van der Waals surface area contributed by atoms with Crippen LogP contribution in [0, 0.1) is 0 Å². The number of halogens is 1. The summed E-state index contributed by atoms with van der Waals surface area (Å²) in [6.45, 7) is 2.56. The predicted octanol–water partition coefficient (Wildman–Crippen LogP) is 1.95. The van der Waals surface area contributed by atoms with E-state index in [1.807, 2.05) is 11.8 Å². The molecule has 3 atom stereocenters. The van der Waals surface area contributed by atoms with Crippen LogP contribution in [0.25, 0.3) is 0 Å². The van der Waals surface area contributed by atoms with Crippen LogP contribution in [0.5, 0.6) is 0 Å². The number of carbonyl (C=O) groups is 1. The van der Waals surface area contributed by atoms with Gasteiger partial charge in [-0.05, 0) is 18.6 Å². The quantitative estimate of drug-likeness (QED) is 0.754. The van der Waals surface area contributed by atoms with Crippen molar-refractivity contribution >= 4 is 30.1 Å². The fourth-order valence-electron chi connectivity index (χ4n) is 2.41. The van der Waals surface area contributed by atoms with Crippen LogP contribution in [0.2, 0.25) is 0 Å². The van der Waals surface area contributed by atoms with Crippen molar-refractivity contribution in [3.63, 3.8) is 0 Å². The third kappa shape index (κ3) is 6.84. The van der Waals surface area contributed by atoms with E-state index in [-0.39, 0.29) is 24.4 Å². The highest BCUT2D eigenvalue weighted by Crippen LogP contribution is 2.28. The summed E-state index contributed by atoms with van der Waals surface area (Å²) in [5, 5.41) is 3.73. The number of amides is 1. The Labute approximate surface area is 127 Å². The van der Waals surface area contributed by atoms with Gasteiger partial charge < -0.3 is 15.8 Å². The van der Waals surface area contributed by atoms with Crippen molar-refractivity contribution in [3.8, 4) is 0 Å². The second-order valence-electron chi connectivity index (χ2n) is 4.75. The van der Waals surface area contributed by atoms with Gasteiger partial charge in [0.15, 0.2) is 0 Å². The predicted molar refractivity (Wildman–Crippen MR) is 84.0 cm³/mol. The lowest BCUT2D eigenvalue weighted by Crippen LogP contribution is -2.45. The molecular formula is C13H27ClN2O2S. The second-order valence-corrected chi connectivity index (χ2v) is 6.27. The first-order chi connectivity index (χ1) is 8.71. The average molecular weight is 311 g/mol. The van der Waals surface area contributed by atoms with E-state index < -0.39 is 0 Å². The highest BCUT2D eigenvalue weighted by molar-refractivity contribution is 7.99. The molecule has 6 heteroatoms. The van der Waals surface area contributed by atoms with Gasteiger partial charge in [0, 0.05) is 24.9 Å². The standard InChI is InChI=1S/C13H26N2O2S.ClH/c1-3-18-12-7-5-4-6-11(12)15-13(16)8-10(9-14)17-2;/h10-12H,3-9,14H2,1-2H3,(H,15,16);1H. The largest absolute Gasteiger partial charge is 0.380 e. The molecule has 0 bridgehead atoms. The zero-order chi connectivity index (χ0) is 13.4. The van der Waals surface area contributed by atoms with Crippen molar-refractivity contribution in [2.75, 3.05) is 19.4 Å². The van der Waals surface area contributed by atoms with Crippen molar-refractivity contribution in [1.82, 2.24) is 5.32 Å². The van der Waals surface area contributed by atoms with E-state index in [1.54, 1.807) is 7.11 Å². The zero-order valence-corrected chi connectivity index (χ0v) is 13.5. The lowest BCUT2D eigenvalue weighted by molar-refractivity contribution is -0.124. The van der Waals surface area contributed by atoms with Gasteiger partial charge in [-0.3, -0.25) is 4.79 Å². The summed E-state index contributed by atoms with van der Waals surface area (Å²) in [7, 11) is 1.60. The summed E-state index contributed by atoms with van der Waals surface area (Å²) in [5.74, 6) is 1.18. The topological polar surface area (TPSA) is 64.4 Å². The Morgan fingerprint density at radius 2 is 2.16 bits per heavy atom. The van der Waals surface area contributed by atoms with E-state index >= 15 is 0 Å². The molecule has 1 saturated carbocycles. The van der Waals surface area contributed by atoms with E-state index in [4.69, 9.17) is 10.5 Å². The first-order valence-corrected chi connectivity index (χ1v) is 7.90. The summed E-state index contributed by atoms with van der Waals surface area (Å²) in [6, 6.07) is 0.325. The van der Waals surface area contributed by atoms with Gasteiger partial charge in [-0.25, -0.2) is 0 Å². The maximum Gasteiger partial charge on any atom is 0.222 e. The number of nitrogens with two attached hydrogens (primary N) is 1. The first-order valence-electron chi connectivity index (χ1n) is 6.85. The van der Waals surface area contributed by atoms with Crippen LogP contribution in [-0.2, 0) is 9.53 Å². The molecule has 0 heterocycles. The summed E-state index contributed by atoms with van der Waals surface area (Å²) in [6.07, 6.45) is 5.03. The van der Waals surface area contributed by atoms with Gasteiger partial charge in [0.1, 0.15) is 0 Å². The van der Waals surface area contributed by atoms with E-state index in [2.05, 4.69) is 12.2 Å². The Hall–Kier alpha value is 0.0300. The van der Waals surface area contributed by atoms with Crippen LogP contribution < -0.4 is 11.1 Å². The molecular weight excluding hydrogens is 284 g/mol. The molecule has 19 heavy (non-hydrogen) atoms. The van der Waals surface area contributed by atoms with Gasteiger partial charge in [0.25, 0.3) is 0 Å². The van der Waals surface area contributed by atoms with E-state index in [1.165, 1.54) is 19.3 Å². The Kier molecular flexibility index (Phi) is 10.8. The molecule has 4 nitrogen and oxygen atoms in total. The second kappa shape index (κ2) is 10.8. The Bertz CT molecular complexity index is 251.